The third kappa shape index (κ3) is 2.32. The molecule has 0 bridgehead atoms. The molecule has 1 saturated heterocycles. The summed E-state index contributed by atoms with van der Waals surface area (Å²) in [4.78, 5) is 0. The van der Waals surface area contributed by atoms with E-state index in [0.717, 1.165) is 30.8 Å². The summed E-state index contributed by atoms with van der Waals surface area (Å²) < 4.78 is 10.9. The van der Waals surface area contributed by atoms with Gasteiger partial charge in [-0.25, -0.2) is 0 Å². The molecule has 0 aromatic heterocycles. The molecule has 3 nitrogen and oxygen atoms in total. The molecule has 88 valence electrons. The molecule has 0 amide bonds. The van der Waals surface area contributed by atoms with E-state index in [4.69, 9.17) is 21.1 Å². The highest BCUT2D eigenvalue weighted by Gasteiger charge is 2.19. The molecule has 2 rings (SSSR count). The molecule has 1 unspecified atom stereocenters. The lowest BCUT2D eigenvalue weighted by Gasteiger charge is -2.25. The van der Waals surface area contributed by atoms with Crippen molar-refractivity contribution in [1.29, 1.82) is 0 Å². The Bertz CT molecular complexity index is 376. The van der Waals surface area contributed by atoms with Crippen molar-refractivity contribution in [2.75, 3.05) is 26.8 Å². The summed E-state index contributed by atoms with van der Waals surface area (Å²) in [5.41, 5.74) is 2.29. The molecule has 1 fully saturated rings. The van der Waals surface area contributed by atoms with Gasteiger partial charge < -0.3 is 14.8 Å². The minimum Gasteiger partial charge on any atom is -0.495 e. The third-order valence-corrected chi connectivity index (χ3v) is 3.11. The van der Waals surface area contributed by atoms with Gasteiger partial charge in [0.25, 0.3) is 0 Å². The molecule has 1 aliphatic heterocycles. The highest BCUT2D eigenvalue weighted by atomic mass is 35.5. The molecule has 16 heavy (non-hydrogen) atoms. The normalized spacial score (nSPS) is 20.8. The van der Waals surface area contributed by atoms with Crippen LogP contribution in [-0.2, 0) is 4.74 Å². The summed E-state index contributed by atoms with van der Waals surface area (Å²) in [6, 6.07) is 3.89. The van der Waals surface area contributed by atoms with E-state index in [0.29, 0.717) is 10.8 Å². The van der Waals surface area contributed by atoms with Crippen LogP contribution in [0.1, 0.15) is 17.2 Å². The molecule has 0 radical (unpaired) electrons. The van der Waals surface area contributed by atoms with Crippen molar-refractivity contribution in [1.82, 2.24) is 5.32 Å². The van der Waals surface area contributed by atoms with Crippen molar-refractivity contribution in [3.8, 4) is 5.75 Å². The second kappa shape index (κ2) is 5.04. The summed E-state index contributed by atoms with van der Waals surface area (Å²) in [6.45, 7) is 4.54. The predicted octanol–water partition coefficient (Wildman–Crippen LogP) is 2.32. The summed E-state index contributed by atoms with van der Waals surface area (Å²) in [6.07, 6.45) is 0.0946. The molecule has 1 aromatic rings. The van der Waals surface area contributed by atoms with Crippen molar-refractivity contribution in [2.45, 2.75) is 13.0 Å². The first-order chi connectivity index (χ1) is 7.72. The van der Waals surface area contributed by atoms with Crippen LogP contribution in [0.15, 0.2) is 12.1 Å². The zero-order valence-electron chi connectivity index (χ0n) is 9.55. The largest absolute Gasteiger partial charge is 0.495 e. The molecule has 1 aromatic carbocycles. The molecular formula is C12H16ClNO2. The van der Waals surface area contributed by atoms with Crippen LogP contribution in [0.4, 0.5) is 0 Å². The van der Waals surface area contributed by atoms with Gasteiger partial charge in [0.1, 0.15) is 5.75 Å². The quantitative estimate of drug-likeness (QED) is 0.862. The van der Waals surface area contributed by atoms with Gasteiger partial charge in [0.15, 0.2) is 0 Å². The average Bonchev–Trinajstić information content (AvgIpc) is 2.32. The highest BCUT2D eigenvalue weighted by Crippen LogP contribution is 2.32. The lowest BCUT2D eigenvalue weighted by molar-refractivity contribution is 0.0273. The smallest absolute Gasteiger partial charge is 0.137 e. The molecule has 4 heteroatoms. The second-order valence-corrected chi connectivity index (χ2v) is 4.31. The van der Waals surface area contributed by atoms with Crippen LogP contribution in [0.5, 0.6) is 5.75 Å². The number of aryl methyl sites for hydroxylation is 1. The van der Waals surface area contributed by atoms with E-state index in [1.54, 1.807) is 7.11 Å². The summed E-state index contributed by atoms with van der Waals surface area (Å²) in [7, 11) is 1.62. The fourth-order valence-electron chi connectivity index (χ4n) is 1.94. The maximum absolute atomic E-state index is 6.12. The van der Waals surface area contributed by atoms with Crippen molar-refractivity contribution >= 4 is 11.6 Å². The Morgan fingerprint density at radius 1 is 1.50 bits per heavy atom. The minimum atomic E-state index is 0.0946. The van der Waals surface area contributed by atoms with Gasteiger partial charge in [-0.15, -0.1) is 0 Å². The lowest BCUT2D eigenvalue weighted by atomic mass is 10.0. The molecule has 1 atom stereocenters. The standard InChI is InChI=1S/C12H16ClNO2/c1-8-5-11(15-2)10(13)6-9(8)12-7-14-3-4-16-12/h5-6,12,14H,3-4,7H2,1-2H3. The molecule has 0 saturated carbocycles. The van der Waals surface area contributed by atoms with E-state index < -0.39 is 0 Å². The van der Waals surface area contributed by atoms with Crippen LogP contribution in [-0.4, -0.2) is 26.8 Å². The molecule has 1 heterocycles. The van der Waals surface area contributed by atoms with E-state index in [9.17, 15) is 0 Å². The van der Waals surface area contributed by atoms with Crippen LogP contribution in [0, 0.1) is 6.92 Å². The highest BCUT2D eigenvalue weighted by molar-refractivity contribution is 6.32. The van der Waals surface area contributed by atoms with Gasteiger partial charge in [-0.1, -0.05) is 11.6 Å². The SMILES string of the molecule is COc1cc(C)c(C2CNCCO2)cc1Cl. The number of hydrogen-bond donors (Lipinski definition) is 1. The molecular weight excluding hydrogens is 226 g/mol. The lowest BCUT2D eigenvalue weighted by Crippen LogP contribution is -2.33. The second-order valence-electron chi connectivity index (χ2n) is 3.91. The van der Waals surface area contributed by atoms with Gasteiger partial charge in [0.2, 0.25) is 0 Å². The van der Waals surface area contributed by atoms with Crippen molar-refractivity contribution in [3.63, 3.8) is 0 Å². The number of benzene rings is 1. The topological polar surface area (TPSA) is 30.5 Å². The Morgan fingerprint density at radius 2 is 2.31 bits per heavy atom. The van der Waals surface area contributed by atoms with Crippen LogP contribution in [0.3, 0.4) is 0 Å². The van der Waals surface area contributed by atoms with Gasteiger partial charge >= 0.3 is 0 Å². The van der Waals surface area contributed by atoms with Crippen LogP contribution in [0.25, 0.3) is 0 Å². The zero-order chi connectivity index (χ0) is 11.5. The van der Waals surface area contributed by atoms with Crippen LogP contribution >= 0.6 is 11.6 Å². The average molecular weight is 242 g/mol. The molecule has 0 aliphatic carbocycles. The van der Waals surface area contributed by atoms with Crippen LogP contribution in [0.2, 0.25) is 5.02 Å². The Morgan fingerprint density at radius 3 is 2.94 bits per heavy atom. The number of nitrogens with one attached hydrogen (secondary N) is 1. The van der Waals surface area contributed by atoms with E-state index >= 15 is 0 Å². The predicted molar refractivity (Wildman–Crippen MR) is 64.3 cm³/mol. The number of halogens is 1. The van der Waals surface area contributed by atoms with Gasteiger partial charge in [-0.05, 0) is 30.2 Å². The van der Waals surface area contributed by atoms with Gasteiger partial charge in [0.05, 0.1) is 24.8 Å². The fraction of sp³-hybridized carbons (Fsp3) is 0.500. The molecule has 0 spiro atoms. The van der Waals surface area contributed by atoms with Crippen molar-refractivity contribution in [3.05, 3.63) is 28.3 Å². The van der Waals surface area contributed by atoms with E-state index in [1.165, 1.54) is 0 Å². The summed E-state index contributed by atoms with van der Waals surface area (Å²) in [5.74, 6) is 0.715. The summed E-state index contributed by atoms with van der Waals surface area (Å²) in [5, 5.41) is 3.95. The molecule has 1 N–H and O–H groups in total. The Kier molecular flexibility index (Phi) is 3.69. The maximum atomic E-state index is 6.12. The van der Waals surface area contributed by atoms with Gasteiger partial charge in [-0.3, -0.25) is 0 Å². The van der Waals surface area contributed by atoms with Crippen molar-refractivity contribution < 1.29 is 9.47 Å². The number of ether oxygens (including phenoxy) is 2. The zero-order valence-corrected chi connectivity index (χ0v) is 10.3. The van der Waals surface area contributed by atoms with Crippen molar-refractivity contribution in [2.24, 2.45) is 0 Å². The first-order valence-electron chi connectivity index (χ1n) is 5.38. The first-order valence-corrected chi connectivity index (χ1v) is 5.76. The number of methoxy groups -OCH3 is 1. The monoisotopic (exact) mass is 241 g/mol. The van der Waals surface area contributed by atoms with Gasteiger partial charge in [0, 0.05) is 13.1 Å². The number of morpholine rings is 1. The van der Waals surface area contributed by atoms with E-state index in [2.05, 4.69) is 5.32 Å². The fourth-order valence-corrected chi connectivity index (χ4v) is 2.19. The minimum absolute atomic E-state index is 0.0946. The Labute approximate surface area is 101 Å². The first kappa shape index (κ1) is 11.7. The molecule has 1 aliphatic rings. The number of rotatable bonds is 2. The van der Waals surface area contributed by atoms with E-state index in [-0.39, 0.29) is 6.10 Å². The Hall–Kier alpha value is -0.770. The third-order valence-electron chi connectivity index (χ3n) is 2.81. The van der Waals surface area contributed by atoms with Gasteiger partial charge in [-0.2, -0.15) is 0 Å². The summed E-state index contributed by atoms with van der Waals surface area (Å²) >= 11 is 6.12. The van der Waals surface area contributed by atoms with Crippen LogP contribution < -0.4 is 10.1 Å². The number of hydrogen-bond acceptors (Lipinski definition) is 3. The Balaban J connectivity index is 2.29. The van der Waals surface area contributed by atoms with E-state index in [1.807, 2.05) is 19.1 Å². The maximum Gasteiger partial charge on any atom is 0.137 e.